The Kier molecular flexibility index (Phi) is 6.55. The largest absolute Gasteiger partial charge is 0.294 e. The highest BCUT2D eigenvalue weighted by Gasteiger charge is 2.56. The zero-order valence-electron chi connectivity index (χ0n) is 22.0. The number of hydrogen-bond acceptors (Lipinski definition) is 2. The van der Waals surface area contributed by atoms with E-state index >= 15 is 0 Å². The first-order valence-corrected chi connectivity index (χ1v) is 13.0. The Morgan fingerprint density at radius 2 is 1.37 bits per heavy atom. The van der Waals surface area contributed by atoms with Crippen LogP contribution >= 0.6 is 11.6 Å². The van der Waals surface area contributed by atoms with Crippen LogP contribution in [0.25, 0.3) is 0 Å². The first kappa shape index (κ1) is 24.8. The van der Waals surface area contributed by atoms with Gasteiger partial charge in [-0.25, -0.2) is 0 Å². The van der Waals surface area contributed by atoms with Crippen LogP contribution in [0.15, 0.2) is 0 Å². The summed E-state index contributed by atoms with van der Waals surface area (Å²) >= 11 is 6.72. The molecule has 3 fully saturated rings. The number of likely N-dealkylation sites (tertiary alicyclic amines) is 2. The van der Waals surface area contributed by atoms with Gasteiger partial charge in [0.1, 0.15) is 0 Å². The van der Waals surface area contributed by atoms with Crippen molar-refractivity contribution in [1.29, 1.82) is 0 Å². The molecule has 3 heteroatoms. The standard InChI is InChI=1S/C27H51ClN2/c1-24(2,3)21-14-20(28)17-29(21)27(10,11)15-18-12-13-19-16-30(26(7,8)9)23(22(18)19)25(4,5)6/h18-23H,12-17H2,1-11H3. The van der Waals surface area contributed by atoms with Crippen LogP contribution in [0.5, 0.6) is 0 Å². The van der Waals surface area contributed by atoms with E-state index in [0.717, 1.165) is 30.7 Å². The van der Waals surface area contributed by atoms with Gasteiger partial charge in [0.05, 0.1) is 0 Å². The maximum absolute atomic E-state index is 6.72. The maximum atomic E-state index is 6.72. The van der Waals surface area contributed by atoms with Crippen LogP contribution in [0.2, 0.25) is 0 Å². The normalized spacial score (nSPS) is 37.2. The molecule has 0 aromatic rings. The summed E-state index contributed by atoms with van der Waals surface area (Å²) in [6, 6.07) is 1.27. The Bertz CT molecular complexity index is 606. The van der Waals surface area contributed by atoms with E-state index in [2.05, 4.69) is 86.0 Å². The molecule has 0 N–H and O–H groups in total. The SMILES string of the molecule is CC(C)(C)C1C2C(CCC2CC(C)(C)N2CC(Cl)CC2C(C)(C)C)CN1C(C)(C)C. The summed E-state index contributed by atoms with van der Waals surface area (Å²) in [5.41, 5.74) is 1.06. The highest BCUT2D eigenvalue weighted by Crippen LogP contribution is 2.55. The summed E-state index contributed by atoms with van der Waals surface area (Å²) in [5.74, 6) is 2.55. The Balaban J connectivity index is 1.84. The molecule has 2 heterocycles. The molecule has 3 rings (SSSR count). The summed E-state index contributed by atoms with van der Waals surface area (Å²) in [5, 5.41) is 0.301. The number of nitrogens with zero attached hydrogens (tertiary/aromatic N) is 2. The van der Waals surface area contributed by atoms with Crippen molar-refractivity contribution in [3.8, 4) is 0 Å². The van der Waals surface area contributed by atoms with Crippen LogP contribution in [0.1, 0.15) is 102 Å². The highest BCUT2D eigenvalue weighted by atomic mass is 35.5. The summed E-state index contributed by atoms with van der Waals surface area (Å²) in [6.45, 7) is 29.3. The smallest absolute Gasteiger partial charge is 0.0478 e. The van der Waals surface area contributed by atoms with E-state index < -0.39 is 0 Å². The van der Waals surface area contributed by atoms with Crippen molar-refractivity contribution in [3.63, 3.8) is 0 Å². The second-order valence-corrected chi connectivity index (χ2v) is 15.3. The van der Waals surface area contributed by atoms with Crippen molar-refractivity contribution in [3.05, 3.63) is 0 Å². The number of hydrogen-bond donors (Lipinski definition) is 0. The van der Waals surface area contributed by atoms with Gasteiger partial charge in [0, 0.05) is 41.6 Å². The molecule has 2 aliphatic heterocycles. The van der Waals surface area contributed by atoms with Gasteiger partial charge in [-0.15, -0.1) is 11.6 Å². The predicted octanol–water partition coefficient (Wildman–Crippen LogP) is 7.05. The molecular weight excluding hydrogens is 388 g/mol. The zero-order chi connectivity index (χ0) is 22.9. The average molecular weight is 439 g/mol. The van der Waals surface area contributed by atoms with Crippen LogP contribution in [-0.2, 0) is 0 Å². The van der Waals surface area contributed by atoms with Crippen molar-refractivity contribution in [2.24, 2.45) is 28.6 Å². The predicted molar refractivity (Wildman–Crippen MR) is 132 cm³/mol. The van der Waals surface area contributed by atoms with E-state index in [1.807, 2.05) is 0 Å². The molecule has 176 valence electrons. The number of halogens is 1. The Morgan fingerprint density at radius 3 is 1.87 bits per heavy atom. The molecule has 6 atom stereocenters. The third-order valence-electron chi connectivity index (χ3n) is 8.67. The van der Waals surface area contributed by atoms with Crippen LogP contribution in [0.3, 0.4) is 0 Å². The third-order valence-corrected chi connectivity index (χ3v) is 8.98. The van der Waals surface area contributed by atoms with Crippen molar-refractivity contribution in [2.75, 3.05) is 13.1 Å². The molecule has 0 aromatic heterocycles. The van der Waals surface area contributed by atoms with Gasteiger partial charge in [0.2, 0.25) is 0 Å². The van der Waals surface area contributed by atoms with E-state index in [4.69, 9.17) is 11.6 Å². The van der Waals surface area contributed by atoms with Gasteiger partial charge < -0.3 is 0 Å². The molecule has 0 bridgehead atoms. The topological polar surface area (TPSA) is 6.48 Å². The average Bonchev–Trinajstić information content (AvgIpc) is 3.18. The quantitative estimate of drug-likeness (QED) is 0.435. The van der Waals surface area contributed by atoms with E-state index in [1.165, 1.54) is 25.8 Å². The minimum Gasteiger partial charge on any atom is -0.294 e. The molecule has 0 amide bonds. The molecule has 0 spiro atoms. The molecule has 0 radical (unpaired) electrons. The Hall–Kier alpha value is 0.210. The second kappa shape index (κ2) is 7.91. The second-order valence-electron chi connectivity index (χ2n) is 14.7. The lowest BCUT2D eigenvalue weighted by molar-refractivity contribution is 0.00215. The molecule has 2 nitrogen and oxygen atoms in total. The van der Waals surface area contributed by atoms with Crippen LogP contribution < -0.4 is 0 Å². The lowest BCUT2D eigenvalue weighted by Crippen LogP contribution is -2.54. The van der Waals surface area contributed by atoms with Crippen molar-refractivity contribution in [1.82, 2.24) is 9.80 Å². The maximum Gasteiger partial charge on any atom is 0.0478 e. The van der Waals surface area contributed by atoms with Crippen molar-refractivity contribution in [2.45, 2.75) is 130 Å². The molecule has 0 aromatic carbocycles. The van der Waals surface area contributed by atoms with Gasteiger partial charge in [-0.3, -0.25) is 9.80 Å². The van der Waals surface area contributed by atoms with Gasteiger partial charge in [0.15, 0.2) is 0 Å². The van der Waals surface area contributed by atoms with E-state index in [9.17, 15) is 0 Å². The molecule has 1 aliphatic carbocycles. The summed E-state index contributed by atoms with van der Waals surface area (Å²) < 4.78 is 0. The highest BCUT2D eigenvalue weighted by molar-refractivity contribution is 6.21. The summed E-state index contributed by atoms with van der Waals surface area (Å²) in [6.07, 6.45) is 5.29. The minimum atomic E-state index is 0.207. The fourth-order valence-electron chi connectivity index (χ4n) is 7.51. The first-order valence-electron chi connectivity index (χ1n) is 12.6. The van der Waals surface area contributed by atoms with Gasteiger partial charge in [-0.2, -0.15) is 0 Å². The van der Waals surface area contributed by atoms with Gasteiger partial charge in [-0.1, -0.05) is 41.5 Å². The zero-order valence-corrected chi connectivity index (χ0v) is 22.7. The lowest BCUT2D eigenvalue weighted by atomic mass is 9.70. The Morgan fingerprint density at radius 1 is 0.767 bits per heavy atom. The van der Waals surface area contributed by atoms with Crippen LogP contribution in [0, 0.1) is 28.6 Å². The molecule has 2 saturated heterocycles. The number of fused-ring (bicyclic) bond motifs is 1. The van der Waals surface area contributed by atoms with Crippen molar-refractivity contribution < 1.29 is 0 Å². The van der Waals surface area contributed by atoms with Gasteiger partial charge in [-0.05, 0) is 88.9 Å². The van der Waals surface area contributed by atoms with Gasteiger partial charge >= 0.3 is 0 Å². The molecule has 1 saturated carbocycles. The summed E-state index contributed by atoms with van der Waals surface area (Å²) in [4.78, 5) is 5.66. The minimum absolute atomic E-state index is 0.207. The first-order chi connectivity index (χ1) is 13.4. The molecule has 3 aliphatic rings. The van der Waals surface area contributed by atoms with Crippen LogP contribution in [-0.4, -0.2) is 51.4 Å². The summed E-state index contributed by atoms with van der Waals surface area (Å²) in [7, 11) is 0. The number of alkyl halides is 1. The van der Waals surface area contributed by atoms with E-state index in [0.29, 0.717) is 22.9 Å². The van der Waals surface area contributed by atoms with Crippen LogP contribution in [0.4, 0.5) is 0 Å². The fourth-order valence-corrected chi connectivity index (χ4v) is 7.83. The Labute approximate surface area is 193 Å². The fraction of sp³-hybridized carbons (Fsp3) is 1.00. The monoisotopic (exact) mass is 438 g/mol. The lowest BCUT2D eigenvalue weighted by Gasteiger charge is -2.49. The van der Waals surface area contributed by atoms with E-state index in [-0.39, 0.29) is 16.5 Å². The molecule has 6 unspecified atom stereocenters. The number of rotatable bonds is 3. The molecular formula is C27H51ClN2. The van der Waals surface area contributed by atoms with Crippen molar-refractivity contribution >= 4 is 11.6 Å². The van der Waals surface area contributed by atoms with E-state index in [1.54, 1.807) is 0 Å². The molecule has 30 heavy (non-hydrogen) atoms. The van der Waals surface area contributed by atoms with Gasteiger partial charge in [0.25, 0.3) is 0 Å². The third kappa shape index (κ3) is 4.76.